The molecule has 23 heavy (non-hydrogen) atoms. The van der Waals surface area contributed by atoms with Crippen molar-refractivity contribution in [2.45, 2.75) is 32.3 Å². The Morgan fingerprint density at radius 1 is 1.13 bits per heavy atom. The summed E-state index contributed by atoms with van der Waals surface area (Å²) in [4.78, 5) is 10.5. The highest BCUT2D eigenvalue weighted by atomic mass is 16.7. The summed E-state index contributed by atoms with van der Waals surface area (Å²) in [5.74, 6) is 0.209. The summed E-state index contributed by atoms with van der Waals surface area (Å²) in [7, 11) is 0. The fourth-order valence-electron chi connectivity index (χ4n) is 3.14. The van der Waals surface area contributed by atoms with Gasteiger partial charge < -0.3 is 4.84 Å². The monoisotopic (exact) mass is 304 g/mol. The molecule has 1 unspecified atom stereocenters. The van der Waals surface area contributed by atoms with Crippen LogP contribution in [0.15, 0.2) is 54.9 Å². The van der Waals surface area contributed by atoms with Crippen molar-refractivity contribution >= 4 is 17.0 Å². The molecule has 3 nitrogen and oxygen atoms in total. The molecule has 0 bridgehead atoms. The Morgan fingerprint density at radius 2 is 1.96 bits per heavy atom. The van der Waals surface area contributed by atoms with Gasteiger partial charge in [0.1, 0.15) is 11.1 Å². The molecular formula is C20H20N2O. The van der Waals surface area contributed by atoms with E-state index in [1.807, 2.05) is 23.2 Å². The van der Waals surface area contributed by atoms with Gasteiger partial charge in [0.2, 0.25) is 0 Å². The molecular weight excluding hydrogens is 284 g/mol. The van der Waals surface area contributed by atoms with Crippen molar-refractivity contribution in [1.29, 1.82) is 0 Å². The molecule has 0 radical (unpaired) electrons. The van der Waals surface area contributed by atoms with E-state index in [1.165, 1.54) is 11.1 Å². The Bertz CT molecular complexity index is 899. The first-order valence-electron chi connectivity index (χ1n) is 7.95. The molecule has 1 aliphatic carbocycles. The molecule has 0 amide bonds. The van der Waals surface area contributed by atoms with Gasteiger partial charge in [-0.15, -0.1) is 0 Å². The number of hydrogen-bond donors (Lipinski definition) is 0. The van der Waals surface area contributed by atoms with Crippen LogP contribution in [0.2, 0.25) is 0 Å². The van der Waals surface area contributed by atoms with Gasteiger partial charge in [-0.25, -0.2) is 0 Å². The molecule has 116 valence electrons. The topological polar surface area (TPSA) is 27.1 Å². The van der Waals surface area contributed by atoms with Crippen LogP contribution in [0.5, 0.6) is 0 Å². The van der Waals surface area contributed by atoms with E-state index in [4.69, 9.17) is 4.84 Å². The molecule has 0 spiro atoms. The van der Waals surface area contributed by atoms with Crippen LogP contribution in [-0.4, -0.2) is 15.3 Å². The Balaban J connectivity index is 1.91. The lowest BCUT2D eigenvalue weighted by atomic mass is 9.97. The van der Waals surface area contributed by atoms with Gasteiger partial charge in [-0.05, 0) is 44.0 Å². The van der Waals surface area contributed by atoms with E-state index < -0.39 is 0 Å². The number of fused-ring (bicyclic) bond motifs is 2. The van der Waals surface area contributed by atoms with Gasteiger partial charge in [-0.1, -0.05) is 36.4 Å². The van der Waals surface area contributed by atoms with Crippen LogP contribution in [0, 0.1) is 0 Å². The average molecular weight is 304 g/mol. The van der Waals surface area contributed by atoms with Gasteiger partial charge in [0.25, 0.3) is 0 Å². The summed E-state index contributed by atoms with van der Waals surface area (Å²) in [6.45, 7) is 6.20. The van der Waals surface area contributed by atoms with E-state index in [0.29, 0.717) is 0 Å². The van der Waals surface area contributed by atoms with Gasteiger partial charge >= 0.3 is 0 Å². The molecule has 4 rings (SSSR count). The summed E-state index contributed by atoms with van der Waals surface area (Å²) < 4.78 is 1.96. The Morgan fingerprint density at radius 3 is 2.78 bits per heavy atom. The number of nitrogens with zero attached hydrogens (tertiary/aromatic N) is 2. The molecule has 0 saturated carbocycles. The molecule has 0 aliphatic heterocycles. The highest BCUT2D eigenvalue weighted by Crippen LogP contribution is 2.37. The quantitative estimate of drug-likeness (QED) is 0.700. The third-order valence-corrected chi connectivity index (χ3v) is 4.07. The maximum absolute atomic E-state index is 6.26. The minimum atomic E-state index is -0.279. The van der Waals surface area contributed by atoms with Crippen molar-refractivity contribution in [3.63, 3.8) is 0 Å². The molecule has 1 atom stereocenters. The van der Waals surface area contributed by atoms with Crippen LogP contribution >= 0.6 is 0 Å². The molecule has 0 N–H and O–H groups in total. The zero-order chi connectivity index (χ0) is 16.0. The van der Waals surface area contributed by atoms with Crippen molar-refractivity contribution in [2.75, 3.05) is 0 Å². The summed E-state index contributed by atoms with van der Waals surface area (Å²) in [5, 5.41) is 1.15. The van der Waals surface area contributed by atoms with Crippen molar-refractivity contribution in [3.8, 4) is 0 Å². The minimum Gasteiger partial charge on any atom is -0.408 e. The molecule has 1 aliphatic rings. The van der Waals surface area contributed by atoms with Crippen LogP contribution in [0.1, 0.15) is 43.5 Å². The van der Waals surface area contributed by atoms with Gasteiger partial charge in [0.05, 0.1) is 11.9 Å². The van der Waals surface area contributed by atoms with E-state index in [1.54, 1.807) is 0 Å². The number of aromatic nitrogens is 2. The molecule has 2 heterocycles. The second-order valence-electron chi connectivity index (χ2n) is 6.97. The fraction of sp³-hybridized carbons (Fsp3) is 0.250. The van der Waals surface area contributed by atoms with Crippen LogP contribution in [0.25, 0.3) is 17.0 Å². The lowest BCUT2D eigenvalue weighted by molar-refractivity contribution is -0.0121. The predicted octanol–water partition coefficient (Wildman–Crippen LogP) is 4.42. The molecule has 2 aromatic heterocycles. The van der Waals surface area contributed by atoms with Crippen molar-refractivity contribution < 1.29 is 4.84 Å². The molecule has 3 heteroatoms. The van der Waals surface area contributed by atoms with Crippen molar-refractivity contribution in [1.82, 2.24) is 9.71 Å². The van der Waals surface area contributed by atoms with E-state index in [-0.39, 0.29) is 11.5 Å². The van der Waals surface area contributed by atoms with Gasteiger partial charge in [-0.2, -0.15) is 4.73 Å². The predicted molar refractivity (Wildman–Crippen MR) is 93.4 cm³/mol. The number of pyridine rings is 1. The molecule has 0 fully saturated rings. The van der Waals surface area contributed by atoms with E-state index in [9.17, 15) is 0 Å². The SMILES string of the molecule is CC(C)(C)On1c(C2C=Cc3ccccc32)cc2ccncc21. The second kappa shape index (κ2) is 4.98. The van der Waals surface area contributed by atoms with Crippen LogP contribution in [0.4, 0.5) is 0 Å². The Labute approximate surface area is 136 Å². The lowest BCUT2D eigenvalue weighted by Crippen LogP contribution is -2.32. The Hall–Kier alpha value is -2.55. The summed E-state index contributed by atoms with van der Waals surface area (Å²) >= 11 is 0. The molecule has 1 aromatic carbocycles. The smallest absolute Gasteiger partial charge is 0.127 e. The van der Waals surface area contributed by atoms with Crippen LogP contribution < -0.4 is 4.84 Å². The summed E-state index contributed by atoms with van der Waals surface area (Å²) in [6, 6.07) is 12.8. The number of rotatable bonds is 2. The first-order valence-corrected chi connectivity index (χ1v) is 7.95. The normalized spacial score (nSPS) is 16.7. The maximum atomic E-state index is 6.26. The van der Waals surface area contributed by atoms with E-state index in [2.05, 4.69) is 68.2 Å². The zero-order valence-corrected chi connectivity index (χ0v) is 13.7. The summed E-state index contributed by atoms with van der Waals surface area (Å²) in [5.41, 5.74) is 4.47. The largest absolute Gasteiger partial charge is 0.408 e. The summed E-state index contributed by atoms with van der Waals surface area (Å²) in [6.07, 6.45) is 8.13. The second-order valence-corrected chi connectivity index (χ2v) is 6.97. The highest BCUT2D eigenvalue weighted by Gasteiger charge is 2.26. The highest BCUT2D eigenvalue weighted by molar-refractivity contribution is 5.81. The first kappa shape index (κ1) is 14.1. The maximum Gasteiger partial charge on any atom is 0.127 e. The molecule has 3 aromatic rings. The van der Waals surface area contributed by atoms with Gasteiger partial charge in [-0.3, -0.25) is 4.98 Å². The standard InChI is InChI=1S/C20H20N2O/c1-20(2,3)23-22-18(12-15-10-11-21-13-19(15)22)17-9-8-14-6-4-5-7-16(14)17/h4-13,17H,1-3H3. The number of hydrogen-bond acceptors (Lipinski definition) is 2. The number of allylic oxidation sites excluding steroid dienone is 1. The third kappa shape index (κ3) is 2.42. The van der Waals surface area contributed by atoms with Crippen molar-refractivity contribution in [3.05, 3.63) is 71.7 Å². The van der Waals surface area contributed by atoms with E-state index >= 15 is 0 Å². The third-order valence-electron chi connectivity index (χ3n) is 4.07. The zero-order valence-electron chi connectivity index (χ0n) is 13.7. The van der Waals surface area contributed by atoms with Gasteiger partial charge in [0.15, 0.2) is 0 Å². The van der Waals surface area contributed by atoms with Gasteiger partial charge in [0, 0.05) is 17.5 Å². The van der Waals surface area contributed by atoms with E-state index in [0.717, 1.165) is 16.6 Å². The molecule has 0 saturated heterocycles. The fourth-order valence-corrected chi connectivity index (χ4v) is 3.14. The first-order chi connectivity index (χ1) is 11.0. The lowest BCUT2D eigenvalue weighted by Gasteiger charge is -2.25. The van der Waals surface area contributed by atoms with Crippen LogP contribution in [-0.2, 0) is 0 Å². The minimum absolute atomic E-state index is 0.209. The average Bonchev–Trinajstić information content (AvgIpc) is 3.08. The Kier molecular flexibility index (Phi) is 3.05. The number of benzene rings is 1. The van der Waals surface area contributed by atoms with Crippen molar-refractivity contribution in [2.24, 2.45) is 0 Å². The van der Waals surface area contributed by atoms with Crippen LogP contribution in [0.3, 0.4) is 0 Å².